The zero-order valence-corrected chi connectivity index (χ0v) is 15.2. The molecule has 0 unspecified atom stereocenters. The Morgan fingerprint density at radius 2 is 1.59 bits per heavy atom. The largest absolute Gasteiger partial charge is 0.376 e. The summed E-state index contributed by atoms with van der Waals surface area (Å²) in [4.78, 5) is 8.30. The minimum atomic E-state index is -0.564. The van der Waals surface area contributed by atoms with E-state index in [9.17, 15) is 0 Å². The quantitative estimate of drug-likeness (QED) is 0.690. The first-order valence-electron chi connectivity index (χ1n) is 9.27. The van der Waals surface area contributed by atoms with Crippen molar-refractivity contribution in [3.63, 3.8) is 0 Å². The van der Waals surface area contributed by atoms with Crippen LogP contribution in [0, 0.1) is 0 Å². The SMILES string of the molecule is C[C@]12C[C@@H](c3ccccc3)Nc3ccccc3N1C(c1ccccc1)=NO2. The Bertz CT molecular complexity index is 987. The summed E-state index contributed by atoms with van der Waals surface area (Å²) in [7, 11) is 0. The molecule has 0 radical (unpaired) electrons. The van der Waals surface area contributed by atoms with Crippen LogP contribution in [0.3, 0.4) is 0 Å². The molecule has 2 aliphatic heterocycles. The lowest BCUT2D eigenvalue weighted by Gasteiger charge is -2.34. The first kappa shape index (κ1) is 15.9. The van der Waals surface area contributed by atoms with Crippen LogP contribution >= 0.6 is 0 Å². The van der Waals surface area contributed by atoms with Crippen LogP contribution in [-0.2, 0) is 4.84 Å². The van der Waals surface area contributed by atoms with Crippen LogP contribution in [0.15, 0.2) is 90.1 Å². The average Bonchev–Trinajstić information content (AvgIpc) is 2.99. The number of hydrogen-bond acceptors (Lipinski definition) is 4. The van der Waals surface area contributed by atoms with Crippen LogP contribution in [0.5, 0.6) is 0 Å². The molecule has 0 saturated carbocycles. The number of benzene rings is 3. The molecule has 27 heavy (non-hydrogen) atoms. The van der Waals surface area contributed by atoms with E-state index in [0.717, 1.165) is 29.2 Å². The van der Waals surface area contributed by atoms with Crippen LogP contribution in [0.4, 0.5) is 11.4 Å². The summed E-state index contributed by atoms with van der Waals surface area (Å²) >= 11 is 0. The van der Waals surface area contributed by atoms with Crippen molar-refractivity contribution in [3.8, 4) is 0 Å². The molecule has 0 spiro atoms. The molecule has 0 bridgehead atoms. The third-order valence-corrected chi connectivity index (χ3v) is 5.31. The summed E-state index contributed by atoms with van der Waals surface area (Å²) in [5.74, 6) is 0.848. The van der Waals surface area contributed by atoms with Gasteiger partial charge >= 0.3 is 0 Å². The van der Waals surface area contributed by atoms with Crippen LogP contribution in [0.2, 0.25) is 0 Å². The molecule has 3 aromatic carbocycles. The Morgan fingerprint density at radius 1 is 0.926 bits per heavy atom. The van der Waals surface area contributed by atoms with E-state index in [2.05, 4.69) is 83.0 Å². The molecule has 1 N–H and O–H groups in total. The highest BCUT2D eigenvalue weighted by atomic mass is 16.7. The summed E-state index contributed by atoms with van der Waals surface area (Å²) in [6.07, 6.45) is 0.769. The lowest BCUT2D eigenvalue weighted by molar-refractivity contribution is -0.0107. The number of nitrogens with one attached hydrogen (secondary N) is 1. The van der Waals surface area contributed by atoms with Gasteiger partial charge in [-0.3, -0.25) is 4.90 Å². The Balaban J connectivity index is 1.63. The topological polar surface area (TPSA) is 36.9 Å². The van der Waals surface area contributed by atoms with Crippen LogP contribution in [-0.4, -0.2) is 11.6 Å². The molecule has 0 fully saturated rings. The van der Waals surface area contributed by atoms with Crippen molar-refractivity contribution in [2.45, 2.75) is 25.1 Å². The molecule has 0 aliphatic carbocycles. The average molecular weight is 355 g/mol. The minimum Gasteiger partial charge on any atom is -0.376 e. The van der Waals surface area contributed by atoms with Gasteiger partial charge in [-0.05, 0) is 24.6 Å². The fourth-order valence-electron chi connectivity index (χ4n) is 4.01. The van der Waals surface area contributed by atoms with Gasteiger partial charge in [0, 0.05) is 12.0 Å². The zero-order chi connectivity index (χ0) is 18.3. The number of hydrogen-bond donors (Lipinski definition) is 1. The standard InChI is InChI=1S/C23H21N3O/c1-23-16-20(17-10-4-2-5-11-17)24-19-14-8-9-15-21(19)26(23)22(25-27-23)18-12-6-3-7-13-18/h2-15,20,24H,16H2,1H3/t20-,23-/m0/s1. The van der Waals surface area contributed by atoms with Crippen LogP contribution in [0.25, 0.3) is 0 Å². The van der Waals surface area contributed by atoms with E-state index < -0.39 is 5.72 Å². The highest BCUT2D eigenvalue weighted by Gasteiger charge is 2.47. The molecule has 0 saturated heterocycles. The second kappa shape index (κ2) is 6.16. The van der Waals surface area contributed by atoms with E-state index in [1.807, 2.05) is 24.3 Å². The molecule has 3 aromatic rings. The fourth-order valence-corrected chi connectivity index (χ4v) is 4.01. The van der Waals surface area contributed by atoms with Gasteiger partial charge < -0.3 is 10.2 Å². The lowest BCUT2D eigenvalue weighted by Crippen LogP contribution is -2.47. The Kier molecular flexibility index (Phi) is 3.64. The van der Waals surface area contributed by atoms with Crippen molar-refractivity contribution in [2.24, 2.45) is 5.16 Å². The number of rotatable bonds is 2. The van der Waals surface area contributed by atoms with E-state index in [4.69, 9.17) is 4.84 Å². The van der Waals surface area contributed by atoms with Crippen molar-refractivity contribution >= 4 is 17.2 Å². The number of fused-ring (bicyclic) bond motifs is 3. The van der Waals surface area contributed by atoms with Crippen molar-refractivity contribution < 1.29 is 4.84 Å². The van der Waals surface area contributed by atoms with Crippen molar-refractivity contribution in [2.75, 3.05) is 10.2 Å². The smallest absolute Gasteiger partial charge is 0.215 e. The molecule has 4 nitrogen and oxygen atoms in total. The molecular weight excluding hydrogens is 334 g/mol. The first-order valence-corrected chi connectivity index (χ1v) is 9.27. The molecule has 5 rings (SSSR count). The maximum Gasteiger partial charge on any atom is 0.215 e. The third kappa shape index (κ3) is 2.65. The van der Waals surface area contributed by atoms with Crippen LogP contribution in [0.1, 0.15) is 30.5 Å². The van der Waals surface area contributed by atoms with Crippen LogP contribution < -0.4 is 10.2 Å². The Labute approximate surface area is 159 Å². The Morgan fingerprint density at radius 3 is 2.37 bits per heavy atom. The monoisotopic (exact) mass is 355 g/mol. The van der Waals surface area contributed by atoms with E-state index in [1.54, 1.807) is 0 Å². The number of amidine groups is 1. The van der Waals surface area contributed by atoms with E-state index in [0.29, 0.717) is 0 Å². The van der Waals surface area contributed by atoms with Gasteiger partial charge in [-0.1, -0.05) is 78.0 Å². The highest BCUT2D eigenvalue weighted by Crippen LogP contribution is 2.45. The van der Waals surface area contributed by atoms with Gasteiger partial charge in [-0.2, -0.15) is 0 Å². The summed E-state index contributed by atoms with van der Waals surface area (Å²) in [6, 6.07) is 29.2. The number of oxime groups is 1. The summed E-state index contributed by atoms with van der Waals surface area (Å²) in [6.45, 7) is 2.12. The minimum absolute atomic E-state index is 0.132. The van der Waals surface area contributed by atoms with E-state index in [1.165, 1.54) is 5.56 Å². The predicted molar refractivity (Wildman–Crippen MR) is 109 cm³/mol. The van der Waals surface area contributed by atoms with Gasteiger partial charge in [-0.25, -0.2) is 0 Å². The van der Waals surface area contributed by atoms with Crippen molar-refractivity contribution in [1.82, 2.24) is 0 Å². The van der Waals surface area contributed by atoms with Gasteiger partial charge in [0.1, 0.15) is 0 Å². The second-order valence-electron chi connectivity index (χ2n) is 7.21. The molecule has 0 amide bonds. The summed E-state index contributed by atoms with van der Waals surface area (Å²) < 4.78 is 0. The maximum atomic E-state index is 6.07. The predicted octanol–water partition coefficient (Wildman–Crippen LogP) is 5.16. The third-order valence-electron chi connectivity index (χ3n) is 5.31. The zero-order valence-electron chi connectivity index (χ0n) is 15.2. The second-order valence-corrected chi connectivity index (χ2v) is 7.21. The van der Waals surface area contributed by atoms with Gasteiger partial charge in [0.15, 0.2) is 5.84 Å². The summed E-state index contributed by atoms with van der Waals surface area (Å²) in [5, 5.41) is 8.23. The van der Waals surface area contributed by atoms with Gasteiger partial charge in [0.05, 0.1) is 17.4 Å². The van der Waals surface area contributed by atoms with Crippen molar-refractivity contribution in [1.29, 1.82) is 0 Å². The molecule has 4 heteroatoms. The maximum absolute atomic E-state index is 6.07. The molecular formula is C23H21N3O. The fraction of sp³-hybridized carbons (Fsp3) is 0.174. The van der Waals surface area contributed by atoms with Gasteiger partial charge in [0.25, 0.3) is 0 Å². The molecule has 2 aliphatic rings. The number of nitrogens with zero attached hydrogens (tertiary/aromatic N) is 2. The Hall–Kier alpha value is -3.27. The lowest BCUT2D eigenvalue weighted by atomic mass is 9.97. The number of anilines is 2. The van der Waals surface area contributed by atoms with E-state index in [-0.39, 0.29) is 6.04 Å². The summed E-state index contributed by atoms with van der Waals surface area (Å²) in [5.41, 5.74) is 3.90. The molecule has 2 heterocycles. The normalized spacial score (nSPS) is 23.4. The number of para-hydroxylation sites is 2. The highest BCUT2D eigenvalue weighted by molar-refractivity contribution is 6.12. The molecule has 2 atom stereocenters. The van der Waals surface area contributed by atoms with Crippen molar-refractivity contribution in [3.05, 3.63) is 96.1 Å². The van der Waals surface area contributed by atoms with Gasteiger partial charge in [-0.15, -0.1) is 0 Å². The molecule has 0 aromatic heterocycles. The molecule has 134 valence electrons. The van der Waals surface area contributed by atoms with E-state index >= 15 is 0 Å². The van der Waals surface area contributed by atoms with Gasteiger partial charge in [0.2, 0.25) is 5.72 Å². The first-order chi connectivity index (χ1) is 13.2.